The van der Waals surface area contributed by atoms with Crippen molar-refractivity contribution in [2.45, 2.75) is 19.9 Å². The predicted molar refractivity (Wildman–Crippen MR) is 108 cm³/mol. The minimum absolute atomic E-state index is 0.00266. The maximum Gasteiger partial charge on any atom is 0.225 e. The first-order valence-electron chi connectivity index (χ1n) is 8.93. The van der Waals surface area contributed by atoms with Gasteiger partial charge in [0.1, 0.15) is 11.6 Å². The van der Waals surface area contributed by atoms with Crippen LogP contribution in [0.3, 0.4) is 0 Å². The lowest BCUT2D eigenvalue weighted by atomic mass is 10.1. The lowest BCUT2D eigenvalue weighted by molar-refractivity contribution is 0.248. The average molecular weight is 364 g/mol. The molecule has 6 heteroatoms. The Morgan fingerprint density at radius 1 is 0.963 bits per heavy atom. The van der Waals surface area contributed by atoms with Gasteiger partial charge in [-0.15, -0.1) is 0 Å². The molecule has 3 rings (SSSR count). The fraction of sp³-hybridized carbons (Fsp3) is 0.238. The van der Waals surface area contributed by atoms with E-state index in [0.717, 1.165) is 16.9 Å². The zero-order valence-corrected chi connectivity index (χ0v) is 15.4. The van der Waals surface area contributed by atoms with Crippen LogP contribution in [-0.2, 0) is 0 Å². The fourth-order valence-corrected chi connectivity index (χ4v) is 2.61. The van der Waals surface area contributed by atoms with E-state index < -0.39 is 0 Å². The molecule has 27 heavy (non-hydrogen) atoms. The molecule has 0 bridgehead atoms. The number of phenolic OH excluding ortho intramolecular Hbond substituents is 1. The molecule has 0 spiro atoms. The molecule has 1 heterocycles. The van der Waals surface area contributed by atoms with Crippen molar-refractivity contribution in [3.63, 3.8) is 0 Å². The van der Waals surface area contributed by atoms with E-state index in [9.17, 15) is 10.2 Å². The highest BCUT2D eigenvalue weighted by atomic mass is 16.3. The van der Waals surface area contributed by atoms with Crippen LogP contribution in [0, 0.1) is 5.92 Å². The Balaban J connectivity index is 1.96. The molecule has 1 aromatic heterocycles. The number of hydrogen-bond donors (Lipinski definition) is 4. The van der Waals surface area contributed by atoms with Gasteiger partial charge in [0.05, 0.1) is 18.3 Å². The molecule has 4 N–H and O–H groups in total. The first-order valence-corrected chi connectivity index (χ1v) is 8.93. The third kappa shape index (κ3) is 4.95. The largest absolute Gasteiger partial charge is 0.508 e. The number of nitrogens with zero attached hydrogens (tertiary/aromatic N) is 2. The van der Waals surface area contributed by atoms with Crippen molar-refractivity contribution < 1.29 is 10.2 Å². The van der Waals surface area contributed by atoms with Crippen LogP contribution in [0.4, 0.5) is 17.5 Å². The van der Waals surface area contributed by atoms with Crippen LogP contribution >= 0.6 is 0 Å². The summed E-state index contributed by atoms with van der Waals surface area (Å²) in [5.41, 5.74) is 2.55. The Bertz CT molecular complexity index is 867. The number of phenols is 1. The highest BCUT2D eigenvalue weighted by molar-refractivity contribution is 5.67. The fourth-order valence-electron chi connectivity index (χ4n) is 2.61. The summed E-state index contributed by atoms with van der Waals surface area (Å²) in [6.07, 6.45) is 0. The zero-order valence-electron chi connectivity index (χ0n) is 15.4. The van der Waals surface area contributed by atoms with Crippen LogP contribution in [0.25, 0.3) is 11.3 Å². The van der Waals surface area contributed by atoms with Crippen LogP contribution in [0.15, 0.2) is 60.7 Å². The second-order valence-corrected chi connectivity index (χ2v) is 6.68. The average Bonchev–Trinajstić information content (AvgIpc) is 2.68. The lowest BCUT2D eigenvalue weighted by Crippen LogP contribution is -2.30. The quantitative estimate of drug-likeness (QED) is 0.474. The summed E-state index contributed by atoms with van der Waals surface area (Å²) in [7, 11) is 0. The third-order valence-electron chi connectivity index (χ3n) is 4.25. The van der Waals surface area contributed by atoms with Gasteiger partial charge < -0.3 is 20.8 Å². The van der Waals surface area contributed by atoms with Crippen LogP contribution in [0.2, 0.25) is 0 Å². The van der Waals surface area contributed by atoms with Crippen LogP contribution < -0.4 is 10.6 Å². The molecule has 0 aliphatic rings. The Hall–Kier alpha value is -3.12. The topological polar surface area (TPSA) is 90.3 Å². The lowest BCUT2D eigenvalue weighted by Gasteiger charge is -2.20. The Kier molecular flexibility index (Phi) is 5.88. The molecule has 0 radical (unpaired) electrons. The van der Waals surface area contributed by atoms with E-state index in [1.165, 1.54) is 0 Å². The first-order chi connectivity index (χ1) is 13.0. The summed E-state index contributed by atoms with van der Waals surface area (Å²) in [4.78, 5) is 9.16. The highest BCUT2D eigenvalue weighted by Crippen LogP contribution is 2.25. The van der Waals surface area contributed by atoms with Crippen molar-refractivity contribution in [1.82, 2.24) is 9.97 Å². The SMILES string of the molecule is CC(C)[C@@H](CO)Nc1nc(Nc2ccc(O)cc2)cc(-c2ccccc2)n1. The van der Waals surface area contributed by atoms with E-state index in [0.29, 0.717) is 11.8 Å². The Labute approximate surface area is 158 Å². The Morgan fingerprint density at radius 3 is 2.30 bits per heavy atom. The molecule has 0 saturated heterocycles. The smallest absolute Gasteiger partial charge is 0.225 e. The third-order valence-corrected chi connectivity index (χ3v) is 4.25. The van der Waals surface area contributed by atoms with E-state index >= 15 is 0 Å². The van der Waals surface area contributed by atoms with Gasteiger partial charge in [-0.1, -0.05) is 44.2 Å². The first kappa shape index (κ1) is 18.7. The number of hydrogen-bond acceptors (Lipinski definition) is 6. The normalized spacial score (nSPS) is 12.0. The van der Waals surface area contributed by atoms with Crippen LogP contribution in [0.1, 0.15) is 13.8 Å². The van der Waals surface area contributed by atoms with Crippen LogP contribution in [0.5, 0.6) is 5.75 Å². The summed E-state index contributed by atoms with van der Waals surface area (Å²) < 4.78 is 0. The molecular weight excluding hydrogens is 340 g/mol. The van der Waals surface area contributed by atoms with Gasteiger partial charge in [0.25, 0.3) is 0 Å². The molecular formula is C21H24N4O2. The van der Waals surface area contributed by atoms with Gasteiger partial charge in [-0.3, -0.25) is 0 Å². The van der Waals surface area contributed by atoms with Gasteiger partial charge in [-0.05, 0) is 30.2 Å². The molecule has 1 atom stereocenters. The van der Waals surface area contributed by atoms with Crippen molar-refractivity contribution >= 4 is 17.5 Å². The Morgan fingerprint density at radius 2 is 1.67 bits per heavy atom. The second kappa shape index (κ2) is 8.51. The van der Waals surface area contributed by atoms with Gasteiger partial charge in [-0.25, -0.2) is 4.98 Å². The number of aliphatic hydroxyl groups is 1. The van der Waals surface area contributed by atoms with Gasteiger partial charge >= 0.3 is 0 Å². The standard InChI is InChI=1S/C21H24N4O2/c1-14(2)19(13-26)24-21-23-18(15-6-4-3-5-7-15)12-20(25-21)22-16-8-10-17(27)11-9-16/h3-12,14,19,26-27H,13H2,1-2H3,(H2,22,23,24,25)/t19-/m1/s1. The van der Waals surface area contributed by atoms with Gasteiger partial charge in [0, 0.05) is 17.3 Å². The molecule has 0 aliphatic carbocycles. The molecule has 0 unspecified atom stereocenters. The maximum atomic E-state index is 9.62. The molecule has 2 aromatic carbocycles. The molecule has 6 nitrogen and oxygen atoms in total. The molecule has 0 saturated carbocycles. The predicted octanol–water partition coefficient (Wildman–Crippen LogP) is 4.02. The number of benzene rings is 2. The summed E-state index contributed by atoms with van der Waals surface area (Å²) in [5.74, 6) is 1.51. The van der Waals surface area contributed by atoms with E-state index in [-0.39, 0.29) is 24.3 Å². The van der Waals surface area contributed by atoms with E-state index in [1.54, 1.807) is 24.3 Å². The molecule has 0 fully saturated rings. The number of nitrogens with one attached hydrogen (secondary N) is 2. The van der Waals surface area contributed by atoms with Crippen molar-refractivity contribution in [1.29, 1.82) is 0 Å². The summed E-state index contributed by atoms with van der Waals surface area (Å²) in [5, 5.41) is 25.5. The summed E-state index contributed by atoms with van der Waals surface area (Å²) in [6, 6.07) is 18.4. The number of anilines is 3. The number of aromatic nitrogens is 2. The van der Waals surface area contributed by atoms with Gasteiger partial charge in [-0.2, -0.15) is 4.98 Å². The van der Waals surface area contributed by atoms with Crippen molar-refractivity contribution in [2.24, 2.45) is 5.92 Å². The van der Waals surface area contributed by atoms with Crippen molar-refractivity contribution in [3.8, 4) is 17.0 Å². The molecule has 140 valence electrons. The maximum absolute atomic E-state index is 9.62. The summed E-state index contributed by atoms with van der Waals surface area (Å²) >= 11 is 0. The van der Waals surface area contributed by atoms with Gasteiger partial charge in [0.15, 0.2) is 0 Å². The van der Waals surface area contributed by atoms with E-state index in [4.69, 9.17) is 0 Å². The van der Waals surface area contributed by atoms with E-state index in [1.807, 2.05) is 50.2 Å². The molecule has 0 aliphatic heterocycles. The zero-order chi connectivity index (χ0) is 19.2. The van der Waals surface area contributed by atoms with Crippen LogP contribution in [-0.4, -0.2) is 32.8 Å². The van der Waals surface area contributed by atoms with E-state index in [2.05, 4.69) is 20.6 Å². The summed E-state index contributed by atoms with van der Waals surface area (Å²) in [6.45, 7) is 4.06. The highest BCUT2D eigenvalue weighted by Gasteiger charge is 2.15. The number of aliphatic hydroxyl groups excluding tert-OH is 1. The second-order valence-electron chi connectivity index (χ2n) is 6.68. The van der Waals surface area contributed by atoms with Crippen molar-refractivity contribution in [2.75, 3.05) is 17.2 Å². The minimum Gasteiger partial charge on any atom is -0.508 e. The van der Waals surface area contributed by atoms with Gasteiger partial charge in [0.2, 0.25) is 5.95 Å². The minimum atomic E-state index is -0.141. The molecule has 3 aromatic rings. The number of rotatable bonds is 7. The molecule has 0 amide bonds. The monoisotopic (exact) mass is 364 g/mol. The number of aromatic hydroxyl groups is 1. The van der Waals surface area contributed by atoms with Crippen molar-refractivity contribution in [3.05, 3.63) is 60.7 Å².